The number of ether oxygens (including phenoxy) is 1. The van der Waals surface area contributed by atoms with Gasteiger partial charge in [-0.25, -0.2) is 4.39 Å². The van der Waals surface area contributed by atoms with E-state index in [-0.39, 0.29) is 17.0 Å². The lowest BCUT2D eigenvalue weighted by Crippen LogP contribution is -2.44. The molecule has 1 aliphatic carbocycles. The van der Waals surface area contributed by atoms with Gasteiger partial charge in [0.25, 0.3) is 5.91 Å². The fraction of sp³-hybridized carbons (Fsp3) is 0.290. The van der Waals surface area contributed by atoms with Crippen LogP contribution in [0.1, 0.15) is 46.5 Å². The standard InChI is InChI=1S/C31H29ClFN3O2S/c1-35-23-11-13-24(14-12-23)36(31(37)30-29(32)28-25(33)4-3-5-27(28)39-30)18-22-16-21(10-15-26(22)38-2)20-8-6-19(17-34)7-9-20/h3-10,15-16,23-24,35H,11-14,18H2,1-2H3/t23-,24-. The number of halogens is 2. The molecule has 5 nitrogen and oxygen atoms in total. The van der Waals surface area contributed by atoms with Crippen molar-refractivity contribution in [1.82, 2.24) is 10.2 Å². The highest BCUT2D eigenvalue weighted by atomic mass is 35.5. The predicted molar refractivity (Wildman–Crippen MR) is 155 cm³/mol. The molecule has 200 valence electrons. The number of fused-ring (bicyclic) bond motifs is 1. The van der Waals surface area contributed by atoms with Crippen LogP contribution in [0.4, 0.5) is 4.39 Å². The molecule has 1 fully saturated rings. The average molecular weight is 562 g/mol. The summed E-state index contributed by atoms with van der Waals surface area (Å²) < 4.78 is 21.0. The highest BCUT2D eigenvalue weighted by Gasteiger charge is 2.32. The van der Waals surface area contributed by atoms with E-state index in [0.29, 0.717) is 38.9 Å². The summed E-state index contributed by atoms with van der Waals surface area (Å²) in [6.45, 7) is 0.327. The number of hydrogen-bond acceptors (Lipinski definition) is 5. The van der Waals surface area contributed by atoms with Crippen LogP contribution in [0, 0.1) is 17.1 Å². The van der Waals surface area contributed by atoms with E-state index in [1.807, 2.05) is 42.3 Å². The van der Waals surface area contributed by atoms with Crippen molar-refractivity contribution < 1.29 is 13.9 Å². The number of rotatable bonds is 7. The normalized spacial score (nSPS) is 17.1. The minimum Gasteiger partial charge on any atom is -0.496 e. The second kappa shape index (κ2) is 11.7. The fourth-order valence-electron chi connectivity index (χ4n) is 5.38. The summed E-state index contributed by atoms with van der Waals surface area (Å²) in [5.41, 5.74) is 3.39. The summed E-state index contributed by atoms with van der Waals surface area (Å²) >= 11 is 7.88. The number of benzene rings is 3. The van der Waals surface area contributed by atoms with Crippen LogP contribution in [0.2, 0.25) is 5.02 Å². The first kappa shape index (κ1) is 27.1. The van der Waals surface area contributed by atoms with Crippen LogP contribution in [-0.4, -0.2) is 37.0 Å². The largest absolute Gasteiger partial charge is 0.496 e. The Morgan fingerprint density at radius 2 is 1.85 bits per heavy atom. The maximum atomic E-state index is 14.6. The van der Waals surface area contributed by atoms with Crippen molar-refractivity contribution in [3.05, 3.63) is 87.5 Å². The van der Waals surface area contributed by atoms with Gasteiger partial charge in [0.15, 0.2) is 0 Å². The predicted octanol–water partition coefficient (Wildman–Crippen LogP) is 7.41. The average Bonchev–Trinajstić information content (AvgIpc) is 3.32. The lowest BCUT2D eigenvalue weighted by atomic mass is 9.89. The van der Waals surface area contributed by atoms with E-state index in [4.69, 9.17) is 21.6 Å². The maximum absolute atomic E-state index is 14.6. The highest BCUT2D eigenvalue weighted by Crippen LogP contribution is 2.39. The lowest BCUT2D eigenvalue weighted by molar-refractivity contribution is 0.0604. The van der Waals surface area contributed by atoms with Crippen molar-refractivity contribution in [3.8, 4) is 22.9 Å². The minimum atomic E-state index is -0.425. The third-order valence-electron chi connectivity index (χ3n) is 7.58. The number of nitriles is 1. The molecule has 3 aromatic carbocycles. The van der Waals surface area contributed by atoms with E-state index >= 15 is 0 Å². The number of methoxy groups -OCH3 is 1. The molecule has 0 radical (unpaired) electrons. The number of hydrogen-bond donors (Lipinski definition) is 1. The number of thiophene rings is 1. The summed E-state index contributed by atoms with van der Waals surface area (Å²) in [7, 11) is 3.59. The molecule has 0 bridgehead atoms. The van der Waals surface area contributed by atoms with Crippen LogP contribution in [0.3, 0.4) is 0 Å². The Morgan fingerprint density at radius 3 is 2.49 bits per heavy atom. The second-order valence-corrected chi connectivity index (χ2v) is 11.2. The lowest BCUT2D eigenvalue weighted by Gasteiger charge is -2.37. The summed E-state index contributed by atoms with van der Waals surface area (Å²) in [5.74, 6) is 0.0626. The first-order valence-corrected chi connectivity index (χ1v) is 14.1. The number of nitrogens with zero attached hydrogens (tertiary/aromatic N) is 2. The molecule has 1 aromatic heterocycles. The molecule has 1 heterocycles. The van der Waals surface area contributed by atoms with Gasteiger partial charge in [-0.2, -0.15) is 5.26 Å². The number of nitrogens with one attached hydrogen (secondary N) is 1. The molecule has 5 rings (SSSR count). The molecule has 8 heteroatoms. The summed E-state index contributed by atoms with van der Waals surface area (Å²) in [6.07, 6.45) is 3.63. The van der Waals surface area contributed by atoms with Gasteiger partial charge >= 0.3 is 0 Å². The first-order valence-electron chi connectivity index (χ1n) is 13.0. The SMILES string of the molecule is CN[C@H]1CC[C@H](N(Cc2cc(-c3ccc(C#N)cc3)ccc2OC)C(=O)c2sc3cccc(F)c3c2Cl)CC1. The van der Waals surface area contributed by atoms with Crippen LogP contribution in [0.25, 0.3) is 21.2 Å². The topological polar surface area (TPSA) is 65.4 Å². The summed E-state index contributed by atoms with van der Waals surface area (Å²) in [4.78, 5) is 16.4. The molecule has 0 saturated heterocycles. The Bertz CT molecular complexity index is 1540. The zero-order valence-corrected chi connectivity index (χ0v) is 23.4. The monoisotopic (exact) mass is 561 g/mol. The maximum Gasteiger partial charge on any atom is 0.266 e. The summed E-state index contributed by atoms with van der Waals surface area (Å²) in [6, 6.07) is 20.7. The molecule has 0 unspecified atom stereocenters. The molecule has 0 spiro atoms. The van der Waals surface area contributed by atoms with Crippen molar-refractivity contribution in [1.29, 1.82) is 5.26 Å². The first-order chi connectivity index (χ1) is 18.9. The molecule has 1 saturated carbocycles. The third-order valence-corrected chi connectivity index (χ3v) is 9.21. The van der Waals surface area contributed by atoms with Crippen LogP contribution in [0.5, 0.6) is 5.75 Å². The zero-order chi connectivity index (χ0) is 27.5. The van der Waals surface area contributed by atoms with Crippen LogP contribution in [-0.2, 0) is 6.54 Å². The van der Waals surface area contributed by atoms with E-state index in [2.05, 4.69) is 11.4 Å². The van der Waals surface area contributed by atoms with Crippen molar-refractivity contribution in [2.24, 2.45) is 0 Å². The molecule has 1 aliphatic rings. The Hall–Kier alpha value is -3.44. The number of amides is 1. The van der Waals surface area contributed by atoms with Crippen molar-refractivity contribution >= 4 is 38.9 Å². The van der Waals surface area contributed by atoms with Crippen molar-refractivity contribution in [3.63, 3.8) is 0 Å². The van der Waals surface area contributed by atoms with Crippen molar-refractivity contribution in [2.45, 2.75) is 44.3 Å². The quantitative estimate of drug-likeness (QED) is 0.255. The van der Waals surface area contributed by atoms with Gasteiger partial charge in [0.05, 0.1) is 23.8 Å². The molecule has 39 heavy (non-hydrogen) atoms. The zero-order valence-electron chi connectivity index (χ0n) is 21.8. The number of carbonyl (C=O) groups is 1. The van der Waals surface area contributed by atoms with E-state index in [1.54, 1.807) is 31.4 Å². The van der Waals surface area contributed by atoms with E-state index in [9.17, 15) is 9.18 Å². The van der Waals surface area contributed by atoms with Crippen molar-refractivity contribution in [2.75, 3.05) is 14.2 Å². The Morgan fingerprint density at radius 1 is 1.13 bits per heavy atom. The molecule has 0 atom stereocenters. The highest BCUT2D eigenvalue weighted by molar-refractivity contribution is 7.21. The minimum absolute atomic E-state index is 0.0106. The van der Waals surface area contributed by atoms with Gasteiger partial charge in [-0.05, 0) is 80.3 Å². The van der Waals surface area contributed by atoms with Gasteiger partial charge in [0, 0.05) is 34.3 Å². The molecule has 0 aliphatic heterocycles. The molecule has 4 aromatic rings. The molecule has 1 amide bonds. The van der Waals surface area contributed by atoms with E-state index in [0.717, 1.165) is 42.4 Å². The third kappa shape index (κ3) is 5.51. The second-order valence-electron chi connectivity index (χ2n) is 9.80. The smallest absolute Gasteiger partial charge is 0.266 e. The molecular weight excluding hydrogens is 533 g/mol. The Labute approximate surface area is 236 Å². The molecule has 1 N–H and O–H groups in total. The van der Waals surface area contributed by atoms with Gasteiger partial charge in [-0.15, -0.1) is 11.3 Å². The van der Waals surface area contributed by atoms with E-state index < -0.39 is 5.82 Å². The van der Waals surface area contributed by atoms with Gasteiger partial charge in [0.1, 0.15) is 16.4 Å². The van der Waals surface area contributed by atoms with Crippen LogP contribution in [0.15, 0.2) is 60.7 Å². The fourth-order valence-corrected chi connectivity index (χ4v) is 6.89. The summed E-state index contributed by atoms with van der Waals surface area (Å²) in [5, 5.41) is 13.0. The Kier molecular flexibility index (Phi) is 8.18. The van der Waals surface area contributed by atoms with Gasteiger partial charge < -0.3 is 15.0 Å². The van der Waals surface area contributed by atoms with Gasteiger partial charge in [-0.1, -0.05) is 35.9 Å². The van der Waals surface area contributed by atoms with Gasteiger partial charge in [0.2, 0.25) is 0 Å². The Balaban J connectivity index is 1.53. The van der Waals surface area contributed by atoms with E-state index in [1.165, 1.54) is 17.4 Å². The van der Waals surface area contributed by atoms with Gasteiger partial charge in [-0.3, -0.25) is 4.79 Å². The van der Waals surface area contributed by atoms with Crippen LogP contribution >= 0.6 is 22.9 Å². The van der Waals surface area contributed by atoms with Crippen LogP contribution < -0.4 is 10.1 Å². The number of carbonyl (C=O) groups excluding carboxylic acids is 1. The molecular formula is C31H29ClFN3O2S.